The molecule has 2 aromatic carbocycles. The number of amides is 1. The van der Waals surface area contributed by atoms with Crippen molar-refractivity contribution in [3.63, 3.8) is 0 Å². The standard InChI is InChI=1S/C21H18N4O2S/c1-14-19(15-7-3-2-4-8-15)28-21(23-14)24-18(26)11-12-25-13-22-17-10-6-5-9-16(17)20(25)27/h2-10,13H,11-12H2,1H3,(H,23,24,26). The number of rotatable bonds is 5. The fourth-order valence-electron chi connectivity index (χ4n) is 2.98. The Morgan fingerprint density at radius 1 is 1.11 bits per heavy atom. The smallest absolute Gasteiger partial charge is 0.261 e. The molecule has 0 aliphatic carbocycles. The summed E-state index contributed by atoms with van der Waals surface area (Å²) < 4.78 is 1.46. The molecule has 4 rings (SSSR count). The highest BCUT2D eigenvalue weighted by Crippen LogP contribution is 2.32. The molecule has 0 aliphatic heterocycles. The van der Waals surface area contributed by atoms with E-state index in [1.807, 2.05) is 43.3 Å². The number of para-hydroxylation sites is 1. The van der Waals surface area contributed by atoms with Crippen molar-refractivity contribution in [3.8, 4) is 10.4 Å². The normalized spacial score (nSPS) is 10.9. The number of benzene rings is 2. The van der Waals surface area contributed by atoms with Crippen molar-refractivity contribution < 1.29 is 4.79 Å². The maximum Gasteiger partial charge on any atom is 0.261 e. The van der Waals surface area contributed by atoms with Gasteiger partial charge in [0.25, 0.3) is 5.56 Å². The molecule has 0 saturated carbocycles. The Morgan fingerprint density at radius 2 is 1.86 bits per heavy atom. The third-order valence-corrected chi connectivity index (χ3v) is 5.51. The number of hydrogen-bond donors (Lipinski definition) is 1. The number of anilines is 1. The number of aromatic nitrogens is 3. The fraction of sp³-hybridized carbons (Fsp3) is 0.143. The maximum atomic E-state index is 12.5. The summed E-state index contributed by atoms with van der Waals surface area (Å²) in [6, 6.07) is 17.1. The third kappa shape index (κ3) is 3.70. The van der Waals surface area contributed by atoms with E-state index in [1.54, 1.807) is 18.2 Å². The van der Waals surface area contributed by atoms with Gasteiger partial charge < -0.3 is 5.32 Å². The van der Waals surface area contributed by atoms with E-state index in [0.29, 0.717) is 16.0 Å². The van der Waals surface area contributed by atoms with Gasteiger partial charge in [0.15, 0.2) is 5.13 Å². The SMILES string of the molecule is Cc1nc(NC(=O)CCn2cnc3ccccc3c2=O)sc1-c1ccccc1. The first-order valence-electron chi connectivity index (χ1n) is 8.89. The minimum Gasteiger partial charge on any atom is -0.302 e. The second-order valence-corrected chi connectivity index (χ2v) is 7.36. The second-order valence-electron chi connectivity index (χ2n) is 6.36. The van der Waals surface area contributed by atoms with Crippen LogP contribution in [0, 0.1) is 6.92 Å². The van der Waals surface area contributed by atoms with Crippen LogP contribution < -0.4 is 10.9 Å². The summed E-state index contributed by atoms with van der Waals surface area (Å²) in [7, 11) is 0. The highest BCUT2D eigenvalue weighted by Gasteiger charge is 2.12. The molecule has 2 heterocycles. The molecule has 4 aromatic rings. The summed E-state index contributed by atoms with van der Waals surface area (Å²) in [6.07, 6.45) is 1.65. The number of nitrogens with zero attached hydrogens (tertiary/aromatic N) is 3. The average Bonchev–Trinajstić information content (AvgIpc) is 3.08. The largest absolute Gasteiger partial charge is 0.302 e. The number of hydrogen-bond acceptors (Lipinski definition) is 5. The van der Waals surface area contributed by atoms with E-state index in [0.717, 1.165) is 16.1 Å². The van der Waals surface area contributed by atoms with Crippen LogP contribution in [0.2, 0.25) is 0 Å². The van der Waals surface area contributed by atoms with E-state index in [1.165, 1.54) is 22.2 Å². The van der Waals surface area contributed by atoms with E-state index in [2.05, 4.69) is 15.3 Å². The Bertz CT molecular complexity index is 1200. The highest BCUT2D eigenvalue weighted by molar-refractivity contribution is 7.19. The predicted molar refractivity (Wildman–Crippen MR) is 112 cm³/mol. The molecule has 7 heteroatoms. The molecule has 0 atom stereocenters. The number of fused-ring (bicyclic) bond motifs is 1. The van der Waals surface area contributed by atoms with Crippen molar-refractivity contribution in [3.05, 3.63) is 77.0 Å². The summed E-state index contributed by atoms with van der Waals surface area (Å²) >= 11 is 1.44. The van der Waals surface area contributed by atoms with Crippen molar-refractivity contribution in [2.75, 3.05) is 5.32 Å². The van der Waals surface area contributed by atoms with Gasteiger partial charge in [-0.1, -0.05) is 53.8 Å². The Labute approximate surface area is 165 Å². The predicted octanol–water partition coefficient (Wildman–Crippen LogP) is 3.86. The zero-order chi connectivity index (χ0) is 19.5. The van der Waals surface area contributed by atoms with Crippen LogP contribution >= 0.6 is 11.3 Å². The molecule has 0 aliphatic rings. The topological polar surface area (TPSA) is 76.9 Å². The Kier molecular flexibility index (Phi) is 4.99. The molecule has 6 nitrogen and oxygen atoms in total. The van der Waals surface area contributed by atoms with Gasteiger partial charge in [0.1, 0.15) is 0 Å². The van der Waals surface area contributed by atoms with Crippen LogP contribution in [-0.4, -0.2) is 20.4 Å². The van der Waals surface area contributed by atoms with Crippen molar-refractivity contribution in [1.82, 2.24) is 14.5 Å². The monoisotopic (exact) mass is 390 g/mol. The van der Waals surface area contributed by atoms with Gasteiger partial charge in [-0.3, -0.25) is 14.2 Å². The lowest BCUT2D eigenvalue weighted by Gasteiger charge is -2.06. The molecule has 0 fully saturated rings. The van der Waals surface area contributed by atoms with Gasteiger partial charge in [-0.25, -0.2) is 9.97 Å². The van der Waals surface area contributed by atoms with Gasteiger partial charge in [-0.15, -0.1) is 0 Å². The van der Waals surface area contributed by atoms with Crippen molar-refractivity contribution in [2.24, 2.45) is 0 Å². The molecule has 0 spiro atoms. The van der Waals surface area contributed by atoms with Gasteiger partial charge in [0.05, 0.1) is 27.8 Å². The zero-order valence-electron chi connectivity index (χ0n) is 15.3. The maximum absolute atomic E-state index is 12.5. The van der Waals surface area contributed by atoms with Crippen LogP contribution in [0.3, 0.4) is 0 Å². The van der Waals surface area contributed by atoms with Crippen molar-refractivity contribution in [1.29, 1.82) is 0 Å². The number of carbonyl (C=O) groups is 1. The first kappa shape index (κ1) is 18.1. The number of carbonyl (C=O) groups excluding carboxylic acids is 1. The van der Waals surface area contributed by atoms with E-state index < -0.39 is 0 Å². The summed E-state index contributed by atoms with van der Waals surface area (Å²) in [5.41, 5.74) is 2.46. The zero-order valence-corrected chi connectivity index (χ0v) is 16.1. The summed E-state index contributed by atoms with van der Waals surface area (Å²) in [4.78, 5) is 34.6. The van der Waals surface area contributed by atoms with Crippen LogP contribution in [0.25, 0.3) is 21.3 Å². The highest BCUT2D eigenvalue weighted by atomic mass is 32.1. The van der Waals surface area contributed by atoms with Gasteiger partial charge in [-0.05, 0) is 24.6 Å². The molecule has 0 saturated heterocycles. The summed E-state index contributed by atoms with van der Waals surface area (Å²) in [6.45, 7) is 2.19. The number of aryl methyl sites for hydroxylation is 2. The van der Waals surface area contributed by atoms with Crippen LogP contribution in [0.4, 0.5) is 5.13 Å². The molecule has 0 radical (unpaired) electrons. The molecular formula is C21H18N4O2S. The van der Waals surface area contributed by atoms with Crippen LogP contribution in [-0.2, 0) is 11.3 Å². The lowest BCUT2D eigenvalue weighted by molar-refractivity contribution is -0.116. The molecule has 28 heavy (non-hydrogen) atoms. The van der Waals surface area contributed by atoms with Crippen molar-refractivity contribution >= 4 is 33.3 Å². The Morgan fingerprint density at radius 3 is 2.68 bits per heavy atom. The van der Waals surface area contributed by atoms with Crippen LogP contribution in [0.1, 0.15) is 12.1 Å². The summed E-state index contributed by atoms with van der Waals surface area (Å²) in [5, 5.41) is 3.94. The van der Waals surface area contributed by atoms with E-state index in [4.69, 9.17) is 0 Å². The van der Waals surface area contributed by atoms with Gasteiger partial charge >= 0.3 is 0 Å². The first-order chi connectivity index (χ1) is 13.6. The van der Waals surface area contributed by atoms with E-state index in [-0.39, 0.29) is 24.4 Å². The van der Waals surface area contributed by atoms with Gasteiger partial charge in [0.2, 0.25) is 5.91 Å². The molecule has 0 unspecified atom stereocenters. The van der Waals surface area contributed by atoms with E-state index >= 15 is 0 Å². The first-order valence-corrected chi connectivity index (χ1v) is 9.70. The molecule has 140 valence electrons. The minimum absolute atomic E-state index is 0.144. The number of thiazole rings is 1. The molecule has 1 amide bonds. The fourth-order valence-corrected chi connectivity index (χ4v) is 3.96. The summed E-state index contributed by atoms with van der Waals surface area (Å²) in [5.74, 6) is -0.187. The minimum atomic E-state index is -0.187. The van der Waals surface area contributed by atoms with Gasteiger partial charge in [0, 0.05) is 13.0 Å². The Balaban J connectivity index is 1.44. The molecular weight excluding hydrogens is 372 g/mol. The second kappa shape index (κ2) is 7.74. The molecule has 0 bridgehead atoms. The molecule has 2 aromatic heterocycles. The lowest BCUT2D eigenvalue weighted by Crippen LogP contribution is -2.23. The molecule has 1 N–H and O–H groups in total. The van der Waals surface area contributed by atoms with Crippen LogP contribution in [0.5, 0.6) is 0 Å². The lowest BCUT2D eigenvalue weighted by atomic mass is 10.2. The van der Waals surface area contributed by atoms with Crippen LogP contribution in [0.15, 0.2) is 65.7 Å². The quantitative estimate of drug-likeness (QED) is 0.561. The number of nitrogens with one attached hydrogen (secondary N) is 1. The third-order valence-electron chi connectivity index (χ3n) is 4.39. The average molecular weight is 390 g/mol. The Hall–Kier alpha value is -3.32. The van der Waals surface area contributed by atoms with Crippen molar-refractivity contribution in [2.45, 2.75) is 19.9 Å². The van der Waals surface area contributed by atoms with E-state index in [9.17, 15) is 9.59 Å². The van der Waals surface area contributed by atoms with Gasteiger partial charge in [-0.2, -0.15) is 0 Å².